The predicted molar refractivity (Wildman–Crippen MR) is 136 cm³/mol. The maximum atomic E-state index is 12.9. The summed E-state index contributed by atoms with van der Waals surface area (Å²) in [5.41, 5.74) is 2.17. The molecule has 2 N–H and O–H groups in total. The summed E-state index contributed by atoms with van der Waals surface area (Å²) >= 11 is 11.9. The van der Waals surface area contributed by atoms with Gasteiger partial charge in [-0.05, 0) is 72.1 Å². The van der Waals surface area contributed by atoms with E-state index >= 15 is 0 Å². The second-order valence-corrected chi connectivity index (χ2v) is 8.96. The molecule has 3 aromatic rings. The van der Waals surface area contributed by atoms with Crippen LogP contribution in [0.2, 0.25) is 5.02 Å². The molecule has 1 aliphatic heterocycles. The third-order valence-electron chi connectivity index (χ3n) is 5.87. The first-order valence-corrected chi connectivity index (χ1v) is 11.5. The van der Waals surface area contributed by atoms with Crippen molar-refractivity contribution in [2.45, 2.75) is 19.8 Å². The second-order valence-electron chi connectivity index (χ2n) is 8.14. The number of nitrogens with zero attached hydrogens (tertiary/aromatic N) is 1. The minimum absolute atomic E-state index is 0.195. The molecule has 5 nitrogen and oxygen atoms in total. The Labute approximate surface area is 198 Å². The quantitative estimate of drug-likeness (QED) is 0.470. The topological polar surface area (TPSA) is 53.6 Å². The molecule has 3 aromatic carbocycles. The van der Waals surface area contributed by atoms with Crippen molar-refractivity contribution < 1.29 is 9.53 Å². The molecular formula is C25H26ClN3O2S. The van der Waals surface area contributed by atoms with Gasteiger partial charge in [-0.1, -0.05) is 42.8 Å². The number of thiocarbonyl (C=S) groups is 1. The van der Waals surface area contributed by atoms with Crippen molar-refractivity contribution in [1.29, 1.82) is 0 Å². The molecule has 0 spiro atoms. The zero-order chi connectivity index (χ0) is 22.7. The number of hydrogen-bond acceptors (Lipinski definition) is 4. The van der Waals surface area contributed by atoms with Crippen LogP contribution in [0, 0.1) is 5.92 Å². The first-order chi connectivity index (χ1) is 15.4. The average molecular weight is 468 g/mol. The number of fused-ring (bicyclic) bond motifs is 1. The fourth-order valence-corrected chi connectivity index (χ4v) is 4.50. The molecule has 1 fully saturated rings. The van der Waals surface area contributed by atoms with Gasteiger partial charge in [-0.2, -0.15) is 0 Å². The first-order valence-electron chi connectivity index (χ1n) is 10.7. The minimum Gasteiger partial charge on any atom is -0.496 e. The van der Waals surface area contributed by atoms with Crippen molar-refractivity contribution in [2.24, 2.45) is 5.92 Å². The highest BCUT2D eigenvalue weighted by molar-refractivity contribution is 7.80. The van der Waals surface area contributed by atoms with Gasteiger partial charge in [-0.3, -0.25) is 10.1 Å². The van der Waals surface area contributed by atoms with E-state index < -0.39 is 0 Å². The van der Waals surface area contributed by atoms with E-state index in [-0.39, 0.29) is 11.0 Å². The monoisotopic (exact) mass is 467 g/mol. The molecule has 1 aliphatic rings. The van der Waals surface area contributed by atoms with Crippen LogP contribution in [0.5, 0.6) is 5.75 Å². The Balaban J connectivity index is 1.44. The number of amides is 1. The summed E-state index contributed by atoms with van der Waals surface area (Å²) in [5.74, 6) is 0.913. The number of anilines is 2. The SMILES string of the molecule is COc1cc2ccccc2cc1C(=O)NC(=S)Nc1ccc(N2CCC(C)CC2)c(Cl)c1. The van der Waals surface area contributed by atoms with E-state index in [0.717, 1.165) is 41.2 Å². The van der Waals surface area contributed by atoms with Gasteiger partial charge in [0.15, 0.2) is 5.11 Å². The lowest BCUT2D eigenvalue weighted by molar-refractivity contribution is 0.0975. The van der Waals surface area contributed by atoms with Crippen LogP contribution in [0.3, 0.4) is 0 Å². The van der Waals surface area contributed by atoms with Crippen LogP contribution < -0.4 is 20.3 Å². The predicted octanol–water partition coefficient (Wildman–Crippen LogP) is 5.86. The van der Waals surface area contributed by atoms with E-state index in [1.807, 2.05) is 48.5 Å². The summed E-state index contributed by atoms with van der Waals surface area (Å²) in [5, 5.41) is 8.59. The number of hydrogen-bond donors (Lipinski definition) is 2. The minimum atomic E-state index is -0.338. The van der Waals surface area contributed by atoms with E-state index in [0.29, 0.717) is 16.3 Å². The Morgan fingerprint density at radius 1 is 1.09 bits per heavy atom. The van der Waals surface area contributed by atoms with Gasteiger partial charge in [0, 0.05) is 18.8 Å². The number of methoxy groups -OCH3 is 1. The summed E-state index contributed by atoms with van der Waals surface area (Å²) < 4.78 is 5.42. The van der Waals surface area contributed by atoms with E-state index in [4.69, 9.17) is 28.6 Å². The highest BCUT2D eigenvalue weighted by Gasteiger charge is 2.19. The number of halogens is 1. The highest BCUT2D eigenvalue weighted by Crippen LogP contribution is 2.32. The zero-order valence-corrected chi connectivity index (χ0v) is 19.7. The Kier molecular flexibility index (Phi) is 6.82. The Bertz CT molecular complexity index is 1160. The van der Waals surface area contributed by atoms with Crippen LogP contribution in [-0.2, 0) is 0 Å². The molecule has 0 aliphatic carbocycles. The Morgan fingerprint density at radius 3 is 2.44 bits per heavy atom. The maximum absolute atomic E-state index is 12.9. The third-order valence-corrected chi connectivity index (χ3v) is 6.38. The molecule has 1 heterocycles. The van der Waals surface area contributed by atoms with Gasteiger partial charge in [-0.15, -0.1) is 0 Å². The second kappa shape index (κ2) is 9.76. The molecule has 32 heavy (non-hydrogen) atoms. The van der Waals surface area contributed by atoms with Crippen LogP contribution in [-0.4, -0.2) is 31.2 Å². The van der Waals surface area contributed by atoms with Crippen LogP contribution in [0.1, 0.15) is 30.1 Å². The molecular weight excluding hydrogens is 442 g/mol. The number of benzene rings is 3. The van der Waals surface area contributed by atoms with Gasteiger partial charge in [0.2, 0.25) is 0 Å². The van der Waals surface area contributed by atoms with Gasteiger partial charge in [0.25, 0.3) is 5.91 Å². The van der Waals surface area contributed by atoms with Crippen molar-refractivity contribution in [3.8, 4) is 5.75 Å². The lowest BCUT2D eigenvalue weighted by Crippen LogP contribution is -2.34. The largest absolute Gasteiger partial charge is 0.496 e. The van der Waals surface area contributed by atoms with Gasteiger partial charge in [-0.25, -0.2) is 0 Å². The van der Waals surface area contributed by atoms with Gasteiger partial charge < -0.3 is 15.0 Å². The molecule has 0 radical (unpaired) electrons. The molecule has 166 valence electrons. The summed E-state index contributed by atoms with van der Waals surface area (Å²) in [4.78, 5) is 15.2. The van der Waals surface area contributed by atoms with Crippen molar-refractivity contribution in [1.82, 2.24) is 5.32 Å². The van der Waals surface area contributed by atoms with E-state index in [2.05, 4.69) is 22.5 Å². The van der Waals surface area contributed by atoms with Crippen LogP contribution in [0.15, 0.2) is 54.6 Å². The summed E-state index contributed by atoms with van der Waals surface area (Å²) in [6.45, 7) is 4.31. The van der Waals surface area contributed by atoms with Crippen molar-refractivity contribution in [3.05, 3.63) is 65.2 Å². The first kappa shape index (κ1) is 22.4. The molecule has 0 aromatic heterocycles. The van der Waals surface area contributed by atoms with E-state index in [9.17, 15) is 4.79 Å². The third kappa shape index (κ3) is 4.97. The molecule has 1 saturated heterocycles. The van der Waals surface area contributed by atoms with E-state index in [1.54, 1.807) is 13.2 Å². The summed E-state index contributed by atoms with van der Waals surface area (Å²) in [6.07, 6.45) is 2.34. The van der Waals surface area contributed by atoms with Crippen molar-refractivity contribution >= 4 is 57.0 Å². The number of carbonyl (C=O) groups is 1. The molecule has 4 rings (SSSR count). The van der Waals surface area contributed by atoms with Gasteiger partial charge >= 0.3 is 0 Å². The molecule has 1 amide bonds. The molecule has 0 unspecified atom stereocenters. The number of carbonyl (C=O) groups excluding carboxylic acids is 1. The van der Waals surface area contributed by atoms with Gasteiger partial charge in [0.05, 0.1) is 23.4 Å². The van der Waals surface area contributed by atoms with E-state index in [1.165, 1.54) is 12.8 Å². The normalized spacial score (nSPS) is 14.3. The number of rotatable bonds is 4. The Morgan fingerprint density at radius 2 is 1.78 bits per heavy atom. The molecule has 0 saturated carbocycles. The average Bonchev–Trinajstić information content (AvgIpc) is 2.79. The molecule has 0 bridgehead atoms. The van der Waals surface area contributed by atoms with Crippen LogP contribution in [0.4, 0.5) is 11.4 Å². The maximum Gasteiger partial charge on any atom is 0.261 e. The smallest absolute Gasteiger partial charge is 0.261 e. The van der Waals surface area contributed by atoms with Crippen molar-refractivity contribution in [2.75, 3.05) is 30.4 Å². The fraction of sp³-hybridized carbons (Fsp3) is 0.280. The number of nitrogens with one attached hydrogen (secondary N) is 2. The zero-order valence-electron chi connectivity index (χ0n) is 18.2. The molecule has 0 atom stereocenters. The standard InChI is InChI=1S/C25H26ClN3O2S/c1-16-9-11-29(12-10-16)22-8-7-19(15-21(22)26)27-25(32)28-24(30)20-13-17-5-3-4-6-18(17)14-23(20)31-2/h3-8,13-16H,9-12H2,1-2H3,(H2,27,28,30,32). The number of piperidine rings is 1. The highest BCUT2D eigenvalue weighted by atomic mass is 35.5. The summed E-state index contributed by atoms with van der Waals surface area (Å²) in [7, 11) is 1.55. The lowest BCUT2D eigenvalue weighted by Gasteiger charge is -2.32. The molecule has 7 heteroatoms. The fourth-order valence-electron chi connectivity index (χ4n) is 3.99. The Hall–Kier alpha value is -2.83. The lowest BCUT2D eigenvalue weighted by atomic mass is 9.99. The van der Waals surface area contributed by atoms with Crippen molar-refractivity contribution in [3.63, 3.8) is 0 Å². The number of ether oxygens (including phenoxy) is 1. The van der Waals surface area contributed by atoms with Gasteiger partial charge in [0.1, 0.15) is 5.75 Å². The van der Waals surface area contributed by atoms with Crippen LogP contribution >= 0.6 is 23.8 Å². The van der Waals surface area contributed by atoms with Crippen LogP contribution in [0.25, 0.3) is 10.8 Å². The summed E-state index contributed by atoms with van der Waals surface area (Å²) in [6, 6.07) is 17.2.